The minimum atomic E-state index is -4.90. The second-order valence-corrected chi connectivity index (χ2v) is 6.86. The number of sulfonamides is 1. The molecule has 1 fully saturated rings. The van der Waals surface area contributed by atoms with E-state index in [1.165, 1.54) is 0 Å². The van der Waals surface area contributed by atoms with Crippen molar-refractivity contribution in [2.24, 2.45) is 0 Å². The van der Waals surface area contributed by atoms with Crippen molar-refractivity contribution in [3.8, 4) is 0 Å². The van der Waals surface area contributed by atoms with Crippen molar-refractivity contribution in [2.75, 3.05) is 26.8 Å². The van der Waals surface area contributed by atoms with Crippen molar-refractivity contribution >= 4 is 16.0 Å². The van der Waals surface area contributed by atoms with Gasteiger partial charge in [0.2, 0.25) is 10.0 Å². The van der Waals surface area contributed by atoms with Crippen LogP contribution >= 0.6 is 0 Å². The highest BCUT2D eigenvalue weighted by Crippen LogP contribution is 2.32. The van der Waals surface area contributed by atoms with E-state index < -0.39 is 51.1 Å². The average Bonchev–Trinajstić information content (AvgIpc) is 2.52. The van der Waals surface area contributed by atoms with Crippen molar-refractivity contribution in [3.05, 3.63) is 29.6 Å². The number of methoxy groups -OCH3 is 1. The van der Waals surface area contributed by atoms with E-state index in [0.717, 1.165) is 11.4 Å². The lowest BCUT2D eigenvalue weighted by atomic mass is 10.2. The van der Waals surface area contributed by atoms with Gasteiger partial charge >= 0.3 is 12.1 Å². The molecule has 1 aliphatic heterocycles. The standard InChI is InChI=1S/C13H13F4NO5S/c1-22-12(19)11-7-18(2-3-23-11)24(20,21)10-5-8(13(15,16)17)4-9(14)6-10/h4-6,11H,2-3,7H2,1H3. The average molecular weight is 371 g/mol. The first-order valence-corrected chi connectivity index (χ1v) is 8.07. The Bertz CT molecular complexity index is 734. The zero-order valence-electron chi connectivity index (χ0n) is 12.3. The number of morpholine rings is 1. The predicted molar refractivity (Wildman–Crippen MR) is 71.9 cm³/mol. The van der Waals surface area contributed by atoms with Gasteiger partial charge in [-0.1, -0.05) is 0 Å². The van der Waals surface area contributed by atoms with Crippen LogP contribution in [0.1, 0.15) is 5.56 Å². The van der Waals surface area contributed by atoms with E-state index in [0.29, 0.717) is 12.1 Å². The number of rotatable bonds is 3. The highest BCUT2D eigenvalue weighted by molar-refractivity contribution is 7.89. The summed E-state index contributed by atoms with van der Waals surface area (Å²) in [5.41, 5.74) is -1.42. The fourth-order valence-corrected chi connectivity index (χ4v) is 3.62. The number of benzene rings is 1. The largest absolute Gasteiger partial charge is 0.467 e. The van der Waals surface area contributed by atoms with E-state index in [-0.39, 0.29) is 19.2 Å². The minimum absolute atomic E-state index is 0.152. The third-order valence-electron chi connectivity index (χ3n) is 3.33. The van der Waals surface area contributed by atoms with Gasteiger partial charge in [0.25, 0.3) is 0 Å². The van der Waals surface area contributed by atoms with Crippen LogP contribution in [-0.2, 0) is 30.5 Å². The first kappa shape index (κ1) is 18.6. The van der Waals surface area contributed by atoms with Gasteiger partial charge < -0.3 is 9.47 Å². The molecule has 0 radical (unpaired) electrons. The van der Waals surface area contributed by atoms with Gasteiger partial charge in [0.15, 0.2) is 6.10 Å². The van der Waals surface area contributed by atoms with Gasteiger partial charge in [-0.2, -0.15) is 17.5 Å². The molecule has 0 amide bonds. The predicted octanol–water partition coefficient (Wildman–Crippen LogP) is 1.41. The number of carbonyl (C=O) groups excluding carboxylic acids is 1. The summed E-state index contributed by atoms with van der Waals surface area (Å²) in [4.78, 5) is 10.6. The molecule has 11 heteroatoms. The van der Waals surface area contributed by atoms with Crippen LogP contribution in [0.2, 0.25) is 0 Å². The Morgan fingerprint density at radius 2 is 2.00 bits per heavy atom. The Hall–Kier alpha value is -1.72. The number of alkyl halides is 3. The summed E-state index contributed by atoms with van der Waals surface area (Å²) in [5.74, 6) is -2.15. The molecule has 0 saturated carbocycles. The Balaban J connectivity index is 2.37. The van der Waals surface area contributed by atoms with Crippen LogP contribution in [0.3, 0.4) is 0 Å². The zero-order chi connectivity index (χ0) is 18.1. The summed E-state index contributed by atoms with van der Waals surface area (Å²) >= 11 is 0. The molecule has 134 valence electrons. The number of esters is 1. The highest BCUT2D eigenvalue weighted by atomic mass is 32.2. The molecule has 0 aromatic heterocycles. The summed E-state index contributed by atoms with van der Waals surface area (Å²) in [6, 6.07) is 1.05. The second-order valence-electron chi connectivity index (χ2n) is 4.92. The van der Waals surface area contributed by atoms with Crippen LogP contribution in [0.15, 0.2) is 23.1 Å². The van der Waals surface area contributed by atoms with Crippen LogP contribution < -0.4 is 0 Å². The third-order valence-corrected chi connectivity index (χ3v) is 5.17. The Morgan fingerprint density at radius 1 is 1.33 bits per heavy atom. The molecule has 1 unspecified atom stereocenters. The van der Waals surface area contributed by atoms with E-state index in [1.807, 2.05) is 0 Å². The van der Waals surface area contributed by atoms with Crippen LogP contribution in [0.25, 0.3) is 0 Å². The molecule has 1 heterocycles. The van der Waals surface area contributed by atoms with Crippen LogP contribution in [0.4, 0.5) is 17.6 Å². The maximum Gasteiger partial charge on any atom is 0.416 e. The molecule has 0 spiro atoms. The molecule has 1 aromatic rings. The normalized spacial score (nSPS) is 20.0. The lowest BCUT2D eigenvalue weighted by molar-refractivity contribution is -0.157. The van der Waals surface area contributed by atoms with Gasteiger partial charge in [-0.05, 0) is 18.2 Å². The molecular formula is C13H13F4NO5S. The first-order valence-electron chi connectivity index (χ1n) is 6.63. The number of halogens is 4. The summed E-state index contributed by atoms with van der Waals surface area (Å²) in [5, 5.41) is 0. The molecule has 6 nitrogen and oxygen atoms in total. The monoisotopic (exact) mass is 371 g/mol. The molecule has 0 aliphatic carbocycles. The van der Waals surface area contributed by atoms with Gasteiger partial charge in [0.05, 0.1) is 30.7 Å². The third kappa shape index (κ3) is 3.84. The van der Waals surface area contributed by atoms with Gasteiger partial charge in [-0.15, -0.1) is 0 Å². The van der Waals surface area contributed by atoms with E-state index in [9.17, 15) is 30.8 Å². The topological polar surface area (TPSA) is 72.9 Å². The molecule has 1 aromatic carbocycles. The lowest BCUT2D eigenvalue weighted by Crippen LogP contribution is -2.48. The SMILES string of the molecule is COC(=O)C1CN(S(=O)(=O)c2cc(F)cc(C(F)(F)F)c2)CCO1. The fraction of sp³-hybridized carbons (Fsp3) is 0.462. The van der Waals surface area contributed by atoms with E-state index in [4.69, 9.17) is 4.74 Å². The Labute approximate surface area is 135 Å². The fourth-order valence-electron chi connectivity index (χ4n) is 2.14. The summed E-state index contributed by atoms with van der Waals surface area (Å²) in [6.45, 7) is -0.777. The number of carbonyl (C=O) groups is 1. The molecule has 2 rings (SSSR count). The van der Waals surface area contributed by atoms with Gasteiger partial charge in [-0.25, -0.2) is 17.6 Å². The number of ether oxygens (including phenoxy) is 2. The molecular weight excluding hydrogens is 358 g/mol. The summed E-state index contributed by atoms with van der Waals surface area (Å²) in [6.07, 6.45) is -6.10. The lowest BCUT2D eigenvalue weighted by Gasteiger charge is -2.30. The van der Waals surface area contributed by atoms with Crippen molar-refractivity contribution < 1.29 is 40.2 Å². The summed E-state index contributed by atoms with van der Waals surface area (Å²) in [7, 11) is -3.35. The second kappa shape index (κ2) is 6.65. The van der Waals surface area contributed by atoms with Crippen LogP contribution in [-0.4, -0.2) is 51.6 Å². The van der Waals surface area contributed by atoms with Gasteiger partial charge in [-0.3, -0.25) is 0 Å². The Kier molecular flexibility index (Phi) is 5.16. The quantitative estimate of drug-likeness (QED) is 0.593. The maximum absolute atomic E-state index is 13.4. The van der Waals surface area contributed by atoms with Crippen molar-refractivity contribution in [1.29, 1.82) is 0 Å². The van der Waals surface area contributed by atoms with Crippen molar-refractivity contribution in [1.82, 2.24) is 4.31 Å². The molecule has 1 atom stereocenters. The number of hydrogen-bond donors (Lipinski definition) is 0. The van der Waals surface area contributed by atoms with Crippen LogP contribution in [0.5, 0.6) is 0 Å². The van der Waals surface area contributed by atoms with Gasteiger partial charge in [0, 0.05) is 6.54 Å². The van der Waals surface area contributed by atoms with Crippen molar-refractivity contribution in [3.63, 3.8) is 0 Å². The number of nitrogens with zero attached hydrogens (tertiary/aromatic N) is 1. The van der Waals surface area contributed by atoms with Gasteiger partial charge in [0.1, 0.15) is 5.82 Å². The minimum Gasteiger partial charge on any atom is -0.467 e. The van der Waals surface area contributed by atoms with E-state index in [2.05, 4.69) is 4.74 Å². The maximum atomic E-state index is 13.4. The summed E-state index contributed by atoms with van der Waals surface area (Å²) < 4.78 is 86.8. The highest BCUT2D eigenvalue weighted by Gasteiger charge is 2.37. The molecule has 1 saturated heterocycles. The Morgan fingerprint density at radius 3 is 2.58 bits per heavy atom. The van der Waals surface area contributed by atoms with E-state index in [1.54, 1.807) is 0 Å². The van der Waals surface area contributed by atoms with Crippen LogP contribution in [0, 0.1) is 5.82 Å². The molecule has 0 bridgehead atoms. The smallest absolute Gasteiger partial charge is 0.416 e. The van der Waals surface area contributed by atoms with E-state index >= 15 is 0 Å². The molecule has 1 aliphatic rings. The zero-order valence-corrected chi connectivity index (χ0v) is 13.2. The first-order chi connectivity index (χ1) is 11.1. The molecule has 0 N–H and O–H groups in total. The van der Waals surface area contributed by atoms with Crippen molar-refractivity contribution in [2.45, 2.75) is 17.2 Å². The number of hydrogen-bond acceptors (Lipinski definition) is 5. The molecule has 24 heavy (non-hydrogen) atoms.